The van der Waals surface area contributed by atoms with Crippen LogP contribution in [0.1, 0.15) is 51.8 Å². The van der Waals surface area contributed by atoms with Crippen LogP contribution in [0.25, 0.3) is 0 Å². The summed E-state index contributed by atoms with van der Waals surface area (Å²) in [6.07, 6.45) is 3.45. The number of thiophene rings is 1. The fraction of sp³-hybridized carbons (Fsp3) is 0.474. The van der Waals surface area contributed by atoms with Gasteiger partial charge in [0.1, 0.15) is 12.4 Å². The topological polar surface area (TPSA) is 64.6 Å². The second kappa shape index (κ2) is 8.84. The van der Waals surface area contributed by atoms with E-state index in [1.54, 1.807) is 0 Å². The van der Waals surface area contributed by atoms with Gasteiger partial charge in [-0.15, -0.1) is 11.3 Å². The first-order valence-corrected chi connectivity index (χ1v) is 9.68. The van der Waals surface area contributed by atoms with Crippen LogP contribution in [0.3, 0.4) is 0 Å². The fourth-order valence-corrected chi connectivity index (χ4v) is 3.84. The minimum Gasteiger partial charge on any atom is -0.430 e. The van der Waals surface area contributed by atoms with Gasteiger partial charge in [-0.2, -0.15) is 0 Å². The van der Waals surface area contributed by atoms with Crippen LogP contribution in [0.5, 0.6) is 0 Å². The Balaban J connectivity index is 2.23. The first-order valence-electron chi connectivity index (χ1n) is 8.49. The van der Waals surface area contributed by atoms with Gasteiger partial charge in [0.2, 0.25) is 0 Å². The number of ketones is 1. The maximum Gasteiger partial charge on any atom is 0.307 e. The summed E-state index contributed by atoms with van der Waals surface area (Å²) in [6.45, 7) is 7.58. The van der Waals surface area contributed by atoms with E-state index in [0.717, 1.165) is 4.88 Å². The summed E-state index contributed by atoms with van der Waals surface area (Å²) in [5.74, 6) is -0.103. The number of carbonyl (C=O) groups is 2. The van der Waals surface area contributed by atoms with Gasteiger partial charge >= 0.3 is 5.97 Å². The van der Waals surface area contributed by atoms with Gasteiger partial charge in [-0.3, -0.25) is 19.9 Å². The van der Waals surface area contributed by atoms with Crippen LogP contribution < -0.4 is 5.48 Å². The van der Waals surface area contributed by atoms with Gasteiger partial charge in [-0.05, 0) is 24.0 Å². The van der Waals surface area contributed by atoms with Crippen LogP contribution in [0.15, 0.2) is 35.2 Å². The average molecular weight is 398 g/mol. The number of esters is 1. The molecule has 0 atom stereocenters. The number of ether oxygens (including phenoxy) is 1. The quantitative estimate of drug-likeness (QED) is 0.522. The molecule has 5 nitrogen and oxygen atoms in total. The highest BCUT2D eigenvalue weighted by atomic mass is 35.5. The fourth-order valence-electron chi connectivity index (χ4n) is 2.84. The highest BCUT2D eigenvalue weighted by Gasteiger charge is 2.36. The number of hydrogen-bond donors (Lipinski definition) is 1. The average Bonchev–Trinajstić information content (AvgIpc) is 2.90. The van der Waals surface area contributed by atoms with Crippen molar-refractivity contribution in [3.05, 3.63) is 44.5 Å². The van der Waals surface area contributed by atoms with E-state index in [2.05, 4.69) is 5.48 Å². The molecule has 1 aliphatic carbocycles. The highest BCUT2D eigenvalue weighted by Crippen LogP contribution is 2.39. The van der Waals surface area contributed by atoms with Crippen molar-refractivity contribution in [3.63, 3.8) is 0 Å². The van der Waals surface area contributed by atoms with Crippen molar-refractivity contribution in [2.24, 2.45) is 5.41 Å². The summed E-state index contributed by atoms with van der Waals surface area (Å²) in [5, 5.41) is 0. The third kappa shape index (κ3) is 5.69. The van der Waals surface area contributed by atoms with Crippen molar-refractivity contribution in [2.45, 2.75) is 53.6 Å². The zero-order valence-corrected chi connectivity index (χ0v) is 17.1. The molecular weight excluding hydrogens is 374 g/mol. The lowest BCUT2D eigenvalue weighted by Gasteiger charge is -2.32. The Bertz CT molecular complexity index is 748. The van der Waals surface area contributed by atoms with Gasteiger partial charge < -0.3 is 4.74 Å². The third-order valence-electron chi connectivity index (χ3n) is 3.81. The lowest BCUT2D eigenvalue weighted by atomic mass is 9.76. The molecule has 142 valence electrons. The highest BCUT2D eigenvalue weighted by molar-refractivity contribution is 7.16. The lowest BCUT2D eigenvalue weighted by molar-refractivity contribution is -0.137. The smallest absolute Gasteiger partial charge is 0.307 e. The molecule has 0 saturated carbocycles. The van der Waals surface area contributed by atoms with E-state index in [4.69, 9.17) is 21.2 Å². The van der Waals surface area contributed by atoms with Crippen molar-refractivity contribution in [3.8, 4) is 0 Å². The first-order chi connectivity index (χ1) is 12.2. The summed E-state index contributed by atoms with van der Waals surface area (Å²) in [6, 6.07) is 3.69. The standard InChI is InChI=1S/C19H24ClNO4S/c1-5-6-14(21-24-11-13-7-8-17(20)26-13)18-15(23)9-19(3,4)10-16(18)25-12(2)22/h6-8,21H,5,9-11H2,1-4H3. The Labute approximate surface area is 163 Å². The summed E-state index contributed by atoms with van der Waals surface area (Å²) >= 11 is 7.35. The number of Topliss-reactive ketones (excluding diaryl/α,β-unsaturated/α-hetero) is 1. The second-order valence-electron chi connectivity index (χ2n) is 6.96. The van der Waals surface area contributed by atoms with E-state index in [1.165, 1.54) is 18.3 Å². The predicted octanol–water partition coefficient (Wildman–Crippen LogP) is 4.92. The molecule has 0 bridgehead atoms. The molecular formula is C19H24ClNO4S. The number of halogens is 1. The van der Waals surface area contributed by atoms with Crippen LogP contribution in [-0.2, 0) is 25.8 Å². The predicted molar refractivity (Wildman–Crippen MR) is 102 cm³/mol. The summed E-state index contributed by atoms with van der Waals surface area (Å²) in [5.41, 5.74) is 3.54. The zero-order valence-electron chi connectivity index (χ0n) is 15.5. The second-order valence-corrected chi connectivity index (χ2v) is 8.76. The van der Waals surface area contributed by atoms with Gasteiger partial charge in [0, 0.05) is 24.6 Å². The maximum absolute atomic E-state index is 12.8. The molecule has 26 heavy (non-hydrogen) atoms. The maximum atomic E-state index is 12.8. The molecule has 1 heterocycles. The number of nitrogens with one attached hydrogen (secondary N) is 1. The first kappa shape index (κ1) is 20.7. The normalized spacial score (nSPS) is 17.4. The van der Waals surface area contributed by atoms with Crippen molar-refractivity contribution >= 4 is 34.7 Å². The van der Waals surface area contributed by atoms with Crippen LogP contribution in [0.4, 0.5) is 0 Å². The van der Waals surface area contributed by atoms with Crippen LogP contribution in [0, 0.1) is 5.41 Å². The van der Waals surface area contributed by atoms with E-state index in [9.17, 15) is 9.59 Å². The van der Waals surface area contributed by atoms with E-state index in [1.807, 2.05) is 39.0 Å². The van der Waals surface area contributed by atoms with Crippen molar-refractivity contribution < 1.29 is 19.2 Å². The molecule has 1 aromatic heterocycles. The minimum absolute atomic E-state index is 0.0625. The van der Waals surface area contributed by atoms with E-state index in [-0.39, 0.29) is 11.2 Å². The number of hydroxylamine groups is 1. The molecule has 0 aromatic carbocycles. The Hall–Kier alpha value is -1.63. The number of carbonyl (C=O) groups excluding carboxylic acids is 2. The van der Waals surface area contributed by atoms with E-state index in [0.29, 0.717) is 47.2 Å². The van der Waals surface area contributed by atoms with Crippen molar-refractivity contribution in [2.75, 3.05) is 0 Å². The van der Waals surface area contributed by atoms with Crippen LogP contribution in [-0.4, -0.2) is 11.8 Å². The van der Waals surface area contributed by atoms with Gasteiger partial charge in [0.15, 0.2) is 5.78 Å². The van der Waals surface area contributed by atoms with Gasteiger partial charge in [0.25, 0.3) is 0 Å². The van der Waals surface area contributed by atoms with Crippen LogP contribution >= 0.6 is 22.9 Å². The SMILES string of the molecule is CCC=C(NOCc1ccc(Cl)s1)C1=C(OC(C)=O)CC(C)(C)CC1=O. The Morgan fingerprint density at radius 1 is 1.38 bits per heavy atom. The molecule has 0 spiro atoms. The summed E-state index contributed by atoms with van der Waals surface area (Å²) in [4.78, 5) is 30.8. The van der Waals surface area contributed by atoms with E-state index < -0.39 is 5.97 Å². The molecule has 2 rings (SSSR count). The molecule has 0 unspecified atom stereocenters. The lowest BCUT2D eigenvalue weighted by Crippen LogP contribution is -2.31. The van der Waals surface area contributed by atoms with Gasteiger partial charge in [-0.1, -0.05) is 38.4 Å². The molecule has 0 radical (unpaired) electrons. The molecule has 0 amide bonds. The molecule has 1 aromatic rings. The van der Waals surface area contributed by atoms with Crippen molar-refractivity contribution in [1.29, 1.82) is 0 Å². The largest absolute Gasteiger partial charge is 0.430 e. The van der Waals surface area contributed by atoms with Crippen molar-refractivity contribution in [1.82, 2.24) is 5.48 Å². The molecule has 0 fully saturated rings. The number of allylic oxidation sites excluding steroid dienone is 3. The Morgan fingerprint density at radius 3 is 2.69 bits per heavy atom. The molecule has 0 saturated heterocycles. The minimum atomic E-state index is -0.437. The Morgan fingerprint density at radius 2 is 2.12 bits per heavy atom. The third-order valence-corrected chi connectivity index (χ3v) is 5.01. The monoisotopic (exact) mass is 397 g/mol. The molecule has 0 aliphatic heterocycles. The van der Waals surface area contributed by atoms with Gasteiger partial charge in [0.05, 0.1) is 15.6 Å². The Kier molecular flexibility index (Phi) is 7.03. The van der Waals surface area contributed by atoms with Gasteiger partial charge in [-0.25, -0.2) is 0 Å². The molecule has 1 N–H and O–H groups in total. The summed E-state index contributed by atoms with van der Waals surface area (Å²) in [7, 11) is 0. The zero-order chi connectivity index (χ0) is 19.3. The molecule has 7 heteroatoms. The van der Waals surface area contributed by atoms with E-state index >= 15 is 0 Å². The summed E-state index contributed by atoms with van der Waals surface area (Å²) < 4.78 is 6.07. The molecule has 1 aliphatic rings. The number of hydrogen-bond acceptors (Lipinski definition) is 6. The van der Waals surface area contributed by atoms with Crippen LogP contribution in [0.2, 0.25) is 4.34 Å². The number of rotatable bonds is 7.